The van der Waals surface area contributed by atoms with Gasteiger partial charge in [0.15, 0.2) is 0 Å². The van der Waals surface area contributed by atoms with Crippen molar-refractivity contribution in [3.05, 3.63) is 23.4 Å². The van der Waals surface area contributed by atoms with Crippen LogP contribution >= 0.6 is 0 Å². The summed E-state index contributed by atoms with van der Waals surface area (Å²) in [7, 11) is 0. The van der Waals surface area contributed by atoms with Gasteiger partial charge in [-0.15, -0.1) is 0 Å². The molecule has 4 nitrogen and oxygen atoms in total. The molecule has 2 N–H and O–H groups in total. The van der Waals surface area contributed by atoms with Crippen LogP contribution in [0.2, 0.25) is 0 Å². The number of carbonyl (C=O) groups excluding carboxylic acids is 1. The number of nitrogens with one attached hydrogen (secondary N) is 2. The van der Waals surface area contributed by atoms with E-state index in [0.717, 1.165) is 36.8 Å². The second-order valence-corrected chi connectivity index (χ2v) is 5.16. The minimum absolute atomic E-state index is 0.0107. The first kappa shape index (κ1) is 12.9. The number of amides is 1. The van der Waals surface area contributed by atoms with Crippen molar-refractivity contribution in [3.8, 4) is 0 Å². The van der Waals surface area contributed by atoms with Crippen LogP contribution in [0.4, 0.5) is 5.82 Å². The number of aryl methyl sites for hydroxylation is 1. The Balaban J connectivity index is 2.04. The number of hydrogen-bond donors (Lipinski definition) is 2. The van der Waals surface area contributed by atoms with Crippen molar-refractivity contribution < 1.29 is 4.79 Å². The Morgan fingerprint density at radius 3 is 2.78 bits per heavy atom. The van der Waals surface area contributed by atoms with E-state index < -0.39 is 0 Å². The molecule has 1 aliphatic rings. The number of rotatable bonds is 4. The molecule has 1 heterocycles. The molecule has 0 bridgehead atoms. The van der Waals surface area contributed by atoms with Gasteiger partial charge in [0.05, 0.1) is 0 Å². The summed E-state index contributed by atoms with van der Waals surface area (Å²) in [5.74, 6) is 1.52. The van der Waals surface area contributed by atoms with Crippen LogP contribution in [0.3, 0.4) is 0 Å². The summed E-state index contributed by atoms with van der Waals surface area (Å²) >= 11 is 0. The van der Waals surface area contributed by atoms with Crippen molar-refractivity contribution in [2.75, 3.05) is 11.9 Å². The Bertz CT molecular complexity index is 439. The largest absolute Gasteiger partial charge is 0.370 e. The molecule has 98 valence electrons. The third-order valence-electron chi connectivity index (χ3n) is 3.28. The fourth-order valence-corrected chi connectivity index (χ4v) is 2.36. The van der Waals surface area contributed by atoms with Gasteiger partial charge in [-0.25, -0.2) is 4.98 Å². The summed E-state index contributed by atoms with van der Waals surface area (Å²) in [6.45, 7) is 6.93. The van der Waals surface area contributed by atoms with Crippen LogP contribution in [0, 0.1) is 12.8 Å². The van der Waals surface area contributed by atoms with E-state index in [1.165, 1.54) is 0 Å². The second kappa shape index (κ2) is 5.38. The predicted molar refractivity (Wildman–Crippen MR) is 72.8 cm³/mol. The molecule has 1 amide bonds. The highest BCUT2D eigenvalue weighted by atomic mass is 16.1. The predicted octanol–water partition coefficient (Wildman–Crippen LogP) is 2.35. The van der Waals surface area contributed by atoms with Crippen LogP contribution in [-0.2, 0) is 0 Å². The lowest BCUT2D eigenvalue weighted by molar-refractivity contribution is 0.0896. The molecule has 2 rings (SSSR count). The Labute approximate surface area is 108 Å². The summed E-state index contributed by atoms with van der Waals surface area (Å²) in [6.07, 6.45) is 2.19. The topological polar surface area (TPSA) is 54.0 Å². The van der Waals surface area contributed by atoms with Crippen LogP contribution in [0.15, 0.2) is 12.1 Å². The first-order valence-electron chi connectivity index (χ1n) is 6.62. The number of carbonyl (C=O) groups is 1. The minimum atomic E-state index is 0.0107. The van der Waals surface area contributed by atoms with Gasteiger partial charge in [-0.3, -0.25) is 4.79 Å². The fourth-order valence-electron chi connectivity index (χ4n) is 2.36. The van der Waals surface area contributed by atoms with Crippen LogP contribution in [-0.4, -0.2) is 23.5 Å². The van der Waals surface area contributed by atoms with E-state index in [1.54, 1.807) is 0 Å². The highest BCUT2D eigenvalue weighted by Gasteiger charge is 2.26. The maximum atomic E-state index is 12.1. The lowest BCUT2D eigenvalue weighted by atomic mass is 9.82. The molecule has 0 saturated heterocycles. The monoisotopic (exact) mass is 247 g/mol. The van der Waals surface area contributed by atoms with E-state index in [1.807, 2.05) is 26.0 Å². The molecular formula is C14H21N3O. The van der Waals surface area contributed by atoms with E-state index >= 15 is 0 Å². The zero-order valence-corrected chi connectivity index (χ0v) is 11.3. The van der Waals surface area contributed by atoms with E-state index in [4.69, 9.17) is 0 Å². The first-order chi connectivity index (χ1) is 8.58. The van der Waals surface area contributed by atoms with Gasteiger partial charge in [0, 0.05) is 23.8 Å². The normalized spacial score (nSPS) is 22.2. The highest BCUT2D eigenvalue weighted by molar-refractivity contribution is 5.95. The number of hydrogen-bond acceptors (Lipinski definition) is 3. The molecular weight excluding hydrogens is 226 g/mol. The van der Waals surface area contributed by atoms with Gasteiger partial charge in [0.2, 0.25) is 0 Å². The molecule has 1 aromatic rings. The zero-order valence-electron chi connectivity index (χ0n) is 11.3. The number of anilines is 1. The molecule has 4 heteroatoms. The molecule has 1 aliphatic carbocycles. The van der Waals surface area contributed by atoms with Crippen molar-refractivity contribution in [1.82, 2.24) is 10.3 Å². The van der Waals surface area contributed by atoms with Crippen LogP contribution in [0.1, 0.15) is 42.7 Å². The fraction of sp³-hybridized carbons (Fsp3) is 0.571. The molecule has 0 atom stereocenters. The summed E-state index contributed by atoms with van der Waals surface area (Å²) < 4.78 is 0. The maximum absolute atomic E-state index is 12.1. The van der Waals surface area contributed by atoms with Crippen molar-refractivity contribution >= 4 is 11.7 Å². The Kier molecular flexibility index (Phi) is 3.84. The maximum Gasteiger partial charge on any atom is 0.251 e. The van der Waals surface area contributed by atoms with E-state index in [-0.39, 0.29) is 5.91 Å². The molecule has 18 heavy (non-hydrogen) atoms. The van der Waals surface area contributed by atoms with Crippen molar-refractivity contribution in [2.24, 2.45) is 5.92 Å². The molecule has 0 radical (unpaired) electrons. The van der Waals surface area contributed by atoms with Gasteiger partial charge in [-0.2, -0.15) is 0 Å². The number of nitrogens with zero attached hydrogens (tertiary/aromatic N) is 1. The minimum Gasteiger partial charge on any atom is -0.370 e. The summed E-state index contributed by atoms with van der Waals surface area (Å²) in [5, 5.41) is 6.21. The van der Waals surface area contributed by atoms with Gasteiger partial charge in [-0.05, 0) is 44.7 Å². The standard InChI is InChI=1S/C14H21N3O/c1-4-15-13-8-11(7-10(3)16-13)14(18)17-12-5-9(2)6-12/h7-9,12H,4-6H2,1-3H3,(H,15,16)(H,17,18). The van der Waals surface area contributed by atoms with Gasteiger partial charge in [0.25, 0.3) is 5.91 Å². The van der Waals surface area contributed by atoms with Gasteiger partial charge in [-0.1, -0.05) is 6.92 Å². The second-order valence-electron chi connectivity index (χ2n) is 5.16. The zero-order chi connectivity index (χ0) is 13.1. The van der Waals surface area contributed by atoms with Gasteiger partial charge in [0.1, 0.15) is 5.82 Å². The first-order valence-corrected chi connectivity index (χ1v) is 6.62. The molecule has 0 aromatic carbocycles. The summed E-state index contributed by atoms with van der Waals surface area (Å²) in [5.41, 5.74) is 1.55. The average molecular weight is 247 g/mol. The molecule has 0 aliphatic heterocycles. The SMILES string of the molecule is CCNc1cc(C(=O)NC2CC(C)C2)cc(C)n1. The van der Waals surface area contributed by atoms with Crippen molar-refractivity contribution in [2.45, 2.75) is 39.7 Å². The average Bonchev–Trinajstić information content (AvgIpc) is 2.26. The van der Waals surface area contributed by atoms with Crippen LogP contribution in [0.25, 0.3) is 0 Å². The van der Waals surface area contributed by atoms with E-state index in [0.29, 0.717) is 11.6 Å². The quantitative estimate of drug-likeness (QED) is 0.858. The van der Waals surface area contributed by atoms with E-state index in [9.17, 15) is 4.79 Å². The lowest BCUT2D eigenvalue weighted by Gasteiger charge is -2.33. The number of aromatic nitrogens is 1. The summed E-state index contributed by atoms with van der Waals surface area (Å²) in [6, 6.07) is 4.00. The number of pyridine rings is 1. The van der Waals surface area contributed by atoms with Gasteiger partial charge < -0.3 is 10.6 Å². The molecule has 0 spiro atoms. The Morgan fingerprint density at radius 2 is 2.17 bits per heavy atom. The van der Waals surface area contributed by atoms with Crippen molar-refractivity contribution in [1.29, 1.82) is 0 Å². The van der Waals surface area contributed by atoms with Crippen molar-refractivity contribution in [3.63, 3.8) is 0 Å². The molecule has 0 unspecified atom stereocenters. The lowest BCUT2D eigenvalue weighted by Crippen LogP contribution is -2.43. The summed E-state index contributed by atoms with van der Waals surface area (Å²) in [4.78, 5) is 16.4. The molecule has 1 aromatic heterocycles. The third-order valence-corrected chi connectivity index (χ3v) is 3.28. The highest BCUT2D eigenvalue weighted by Crippen LogP contribution is 2.26. The van der Waals surface area contributed by atoms with Crippen LogP contribution < -0.4 is 10.6 Å². The molecule has 1 fully saturated rings. The van der Waals surface area contributed by atoms with Crippen LogP contribution in [0.5, 0.6) is 0 Å². The van der Waals surface area contributed by atoms with E-state index in [2.05, 4.69) is 22.5 Å². The Hall–Kier alpha value is -1.58. The van der Waals surface area contributed by atoms with Gasteiger partial charge >= 0.3 is 0 Å². The third kappa shape index (κ3) is 3.00. The molecule has 1 saturated carbocycles. The Morgan fingerprint density at radius 1 is 1.44 bits per heavy atom. The smallest absolute Gasteiger partial charge is 0.251 e.